The lowest BCUT2D eigenvalue weighted by molar-refractivity contribution is 0.103. The first-order chi connectivity index (χ1) is 15.3. The van der Waals surface area contributed by atoms with E-state index >= 15 is 0 Å². The second kappa shape index (κ2) is 9.29. The normalized spacial score (nSPS) is 10.9. The highest BCUT2D eigenvalue weighted by atomic mass is 35.5. The average molecular weight is 500 g/mol. The van der Waals surface area contributed by atoms with Gasteiger partial charge in [-0.25, -0.2) is 0 Å². The Morgan fingerprint density at radius 2 is 0.969 bits per heavy atom. The Morgan fingerprint density at radius 1 is 0.562 bits per heavy atom. The second-order valence-electron chi connectivity index (χ2n) is 7.57. The molecule has 0 aliphatic rings. The summed E-state index contributed by atoms with van der Waals surface area (Å²) in [7, 11) is 0. The molecule has 4 rings (SSSR count). The number of rotatable bonds is 4. The van der Waals surface area contributed by atoms with Gasteiger partial charge in [0.15, 0.2) is 5.78 Å². The topological polar surface area (TPSA) is 17.1 Å². The summed E-state index contributed by atoms with van der Waals surface area (Å²) in [5.74, 6) is -0.0942. The van der Waals surface area contributed by atoms with E-state index < -0.39 is 0 Å². The van der Waals surface area contributed by atoms with E-state index in [0.29, 0.717) is 31.2 Å². The molecular weight excluding hydrogens is 482 g/mol. The number of benzene rings is 4. The van der Waals surface area contributed by atoms with Gasteiger partial charge < -0.3 is 0 Å². The summed E-state index contributed by atoms with van der Waals surface area (Å²) in [6.45, 7) is 3.85. The maximum Gasteiger partial charge on any atom is 0.194 e. The van der Waals surface area contributed by atoms with Crippen molar-refractivity contribution in [3.8, 4) is 22.3 Å². The Morgan fingerprint density at radius 3 is 1.34 bits per heavy atom. The fourth-order valence-electron chi connectivity index (χ4n) is 3.93. The Hall–Kier alpha value is -2.29. The minimum atomic E-state index is -0.0942. The number of carbonyl (C=O) groups is 1. The van der Waals surface area contributed by atoms with Crippen LogP contribution in [0.2, 0.25) is 20.1 Å². The van der Waals surface area contributed by atoms with Crippen LogP contribution in [0.25, 0.3) is 22.3 Å². The zero-order valence-electron chi connectivity index (χ0n) is 17.3. The van der Waals surface area contributed by atoms with Gasteiger partial charge in [-0.05, 0) is 60.4 Å². The van der Waals surface area contributed by atoms with Crippen LogP contribution in [-0.2, 0) is 0 Å². The largest absolute Gasteiger partial charge is 0.289 e. The van der Waals surface area contributed by atoms with Crippen LogP contribution in [0.5, 0.6) is 0 Å². The maximum atomic E-state index is 14.1. The zero-order valence-corrected chi connectivity index (χ0v) is 20.4. The quantitative estimate of drug-likeness (QED) is 0.255. The first kappa shape index (κ1) is 22.9. The summed E-state index contributed by atoms with van der Waals surface area (Å²) in [6.07, 6.45) is 0. The van der Waals surface area contributed by atoms with Gasteiger partial charge in [0.2, 0.25) is 0 Å². The minimum absolute atomic E-state index is 0.0942. The van der Waals surface area contributed by atoms with Crippen molar-refractivity contribution in [2.24, 2.45) is 0 Å². The molecule has 4 aromatic rings. The second-order valence-corrected chi connectivity index (χ2v) is 9.26. The molecule has 0 saturated carbocycles. The third kappa shape index (κ3) is 4.31. The summed E-state index contributed by atoms with van der Waals surface area (Å²) in [5, 5.41) is 2.06. The molecule has 0 atom stereocenters. The predicted molar refractivity (Wildman–Crippen MR) is 137 cm³/mol. The molecular formula is C27H18Cl4O. The fraction of sp³-hybridized carbons (Fsp3) is 0.0741. The molecule has 0 unspecified atom stereocenters. The maximum absolute atomic E-state index is 14.1. The summed E-state index contributed by atoms with van der Waals surface area (Å²) in [4.78, 5) is 14.1. The van der Waals surface area contributed by atoms with E-state index in [1.165, 1.54) is 0 Å². The van der Waals surface area contributed by atoms with Gasteiger partial charge in [0.25, 0.3) is 0 Å². The molecule has 0 spiro atoms. The highest BCUT2D eigenvalue weighted by Gasteiger charge is 2.24. The first-order valence-electron chi connectivity index (χ1n) is 9.92. The van der Waals surface area contributed by atoms with Gasteiger partial charge in [-0.2, -0.15) is 0 Å². The number of aryl methyl sites for hydroxylation is 2. The first-order valence-corrected chi connectivity index (χ1v) is 11.4. The lowest BCUT2D eigenvalue weighted by Crippen LogP contribution is -2.10. The van der Waals surface area contributed by atoms with Gasteiger partial charge in [-0.15, -0.1) is 0 Å². The van der Waals surface area contributed by atoms with Crippen molar-refractivity contribution >= 4 is 52.2 Å². The highest BCUT2D eigenvalue weighted by molar-refractivity contribution is 6.37. The molecule has 0 bridgehead atoms. The molecule has 0 radical (unpaired) electrons. The van der Waals surface area contributed by atoms with E-state index in [-0.39, 0.29) is 5.78 Å². The average Bonchev–Trinajstić information content (AvgIpc) is 2.73. The van der Waals surface area contributed by atoms with E-state index in [1.807, 2.05) is 62.4 Å². The van der Waals surface area contributed by atoms with Crippen molar-refractivity contribution in [3.63, 3.8) is 0 Å². The van der Waals surface area contributed by atoms with E-state index in [1.54, 1.807) is 24.3 Å². The van der Waals surface area contributed by atoms with Crippen LogP contribution in [0, 0.1) is 13.8 Å². The van der Waals surface area contributed by atoms with Gasteiger partial charge in [0.1, 0.15) is 0 Å². The molecule has 4 aromatic carbocycles. The van der Waals surface area contributed by atoms with Crippen molar-refractivity contribution < 1.29 is 4.79 Å². The van der Waals surface area contributed by atoms with Crippen LogP contribution in [0.4, 0.5) is 0 Å². The summed E-state index contributed by atoms with van der Waals surface area (Å²) >= 11 is 25.2. The van der Waals surface area contributed by atoms with Gasteiger partial charge in [-0.1, -0.05) is 94.9 Å². The third-order valence-electron chi connectivity index (χ3n) is 5.44. The number of ketones is 1. The lowest BCUT2D eigenvalue weighted by Gasteiger charge is -2.18. The highest BCUT2D eigenvalue weighted by Crippen LogP contribution is 2.38. The third-order valence-corrected chi connectivity index (χ3v) is 6.54. The van der Waals surface area contributed by atoms with Gasteiger partial charge in [0, 0.05) is 42.3 Å². The molecule has 0 aliphatic carbocycles. The lowest BCUT2D eigenvalue weighted by atomic mass is 9.85. The molecule has 0 aromatic heterocycles. The Bertz CT molecular complexity index is 1260. The Balaban J connectivity index is 1.96. The standard InChI is InChI=1S/C27H18Cl4O/c1-15-5-3-7-21(19-11-9-17(28)13-23(19)30)25(15)27(32)26-16(2)6-4-8-22(26)20-12-10-18(29)14-24(20)31/h3-14H,1-2H3. The smallest absolute Gasteiger partial charge is 0.194 e. The molecule has 0 aliphatic heterocycles. The number of hydrogen-bond donors (Lipinski definition) is 0. The summed E-state index contributed by atoms with van der Waals surface area (Å²) in [6, 6.07) is 22.1. The van der Waals surface area contributed by atoms with Crippen molar-refractivity contribution in [2.75, 3.05) is 0 Å². The number of halogens is 4. The van der Waals surface area contributed by atoms with Gasteiger partial charge in [0.05, 0.1) is 0 Å². The predicted octanol–water partition coefficient (Wildman–Crippen LogP) is 9.48. The molecule has 0 heterocycles. The van der Waals surface area contributed by atoms with Gasteiger partial charge in [-0.3, -0.25) is 4.79 Å². The molecule has 0 fully saturated rings. The summed E-state index contributed by atoms with van der Waals surface area (Å²) < 4.78 is 0. The van der Waals surface area contributed by atoms with E-state index in [2.05, 4.69) is 0 Å². The summed E-state index contributed by atoms with van der Waals surface area (Å²) in [5.41, 5.74) is 5.92. The number of hydrogen-bond acceptors (Lipinski definition) is 1. The molecule has 160 valence electrons. The Labute approximate surface area is 207 Å². The van der Waals surface area contributed by atoms with Crippen molar-refractivity contribution in [1.82, 2.24) is 0 Å². The van der Waals surface area contributed by atoms with Crippen LogP contribution in [0.15, 0.2) is 72.8 Å². The Kier molecular flexibility index (Phi) is 6.65. The van der Waals surface area contributed by atoms with Gasteiger partial charge >= 0.3 is 0 Å². The van der Waals surface area contributed by atoms with Crippen LogP contribution in [-0.4, -0.2) is 5.78 Å². The van der Waals surface area contributed by atoms with Crippen LogP contribution in [0.1, 0.15) is 27.0 Å². The van der Waals surface area contributed by atoms with E-state index in [4.69, 9.17) is 46.4 Å². The van der Waals surface area contributed by atoms with Crippen LogP contribution in [0.3, 0.4) is 0 Å². The van der Waals surface area contributed by atoms with Crippen LogP contribution >= 0.6 is 46.4 Å². The van der Waals surface area contributed by atoms with Crippen molar-refractivity contribution in [3.05, 3.63) is 115 Å². The monoisotopic (exact) mass is 498 g/mol. The molecule has 1 nitrogen and oxygen atoms in total. The molecule has 0 N–H and O–H groups in total. The molecule has 5 heteroatoms. The van der Waals surface area contributed by atoms with E-state index in [0.717, 1.165) is 33.4 Å². The molecule has 0 amide bonds. The SMILES string of the molecule is Cc1cccc(-c2ccc(Cl)cc2Cl)c1C(=O)c1c(C)cccc1-c1ccc(Cl)cc1Cl. The number of carbonyl (C=O) groups excluding carboxylic acids is 1. The van der Waals surface area contributed by atoms with Crippen molar-refractivity contribution in [1.29, 1.82) is 0 Å². The molecule has 0 saturated heterocycles. The van der Waals surface area contributed by atoms with E-state index in [9.17, 15) is 4.79 Å². The van der Waals surface area contributed by atoms with Crippen LogP contribution < -0.4 is 0 Å². The zero-order chi connectivity index (χ0) is 23.0. The minimum Gasteiger partial charge on any atom is -0.289 e. The fourth-order valence-corrected chi connectivity index (χ4v) is 4.95. The molecule has 32 heavy (non-hydrogen) atoms. The van der Waals surface area contributed by atoms with Crippen molar-refractivity contribution in [2.45, 2.75) is 13.8 Å².